The summed E-state index contributed by atoms with van der Waals surface area (Å²) >= 11 is 0. The summed E-state index contributed by atoms with van der Waals surface area (Å²) in [7, 11) is -3.66. The number of sulfonamides is 1. The molecule has 0 saturated heterocycles. The van der Waals surface area contributed by atoms with Crippen LogP contribution in [0.25, 0.3) is 11.4 Å². The van der Waals surface area contributed by atoms with E-state index < -0.39 is 10.0 Å². The monoisotopic (exact) mass is 368 g/mol. The Morgan fingerprint density at radius 2 is 1.65 bits per heavy atom. The zero-order valence-electron chi connectivity index (χ0n) is 14.3. The summed E-state index contributed by atoms with van der Waals surface area (Å²) in [6, 6.07) is 15.7. The number of para-hydroxylation sites is 1. The van der Waals surface area contributed by atoms with Gasteiger partial charge in [0.25, 0.3) is 10.0 Å². The molecular weight excluding hydrogens is 348 g/mol. The van der Waals surface area contributed by atoms with Crippen LogP contribution in [0.1, 0.15) is 25.1 Å². The molecule has 0 aliphatic carbocycles. The molecule has 2 aromatic carbocycles. The Morgan fingerprint density at radius 1 is 0.885 bits per heavy atom. The number of rotatable bonds is 4. The quantitative estimate of drug-likeness (QED) is 0.765. The molecule has 134 valence electrons. The van der Waals surface area contributed by atoms with Gasteiger partial charge >= 0.3 is 0 Å². The van der Waals surface area contributed by atoms with Gasteiger partial charge in [-0.1, -0.05) is 36.8 Å². The van der Waals surface area contributed by atoms with Gasteiger partial charge in [0.05, 0.1) is 10.6 Å². The molecule has 4 rings (SSSR count). The minimum absolute atomic E-state index is 0.231. The molecule has 0 fully saturated rings. The molecular formula is C19H20N4O2S. The Balaban J connectivity index is 1.74. The second-order valence-corrected chi connectivity index (χ2v) is 8.05. The van der Waals surface area contributed by atoms with E-state index in [1.165, 1.54) is 6.42 Å². The van der Waals surface area contributed by atoms with E-state index in [-0.39, 0.29) is 4.90 Å². The topological polar surface area (TPSA) is 76.9 Å². The van der Waals surface area contributed by atoms with E-state index in [9.17, 15) is 8.42 Å². The first-order chi connectivity index (χ1) is 12.6. The molecule has 0 radical (unpaired) electrons. The average Bonchev–Trinajstić information content (AvgIpc) is 2.90. The Labute approximate surface area is 153 Å². The van der Waals surface area contributed by atoms with Gasteiger partial charge < -0.3 is 4.57 Å². The second-order valence-electron chi connectivity index (χ2n) is 6.37. The fourth-order valence-electron chi connectivity index (χ4n) is 3.25. The molecule has 6 nitrogen and oxygen atoms in total. The Hall–Kier alpha value is -2.67. The van der Waals surface area contributed by atoms with Gasteiger partial charge in [0.15, 0.2) is 5.82 Å². The predicted octanol–water partition coefficient (Wildman–Crippen LogP) is 3.47. The number of nitrogens with one attached hydrogen (secondary N) is 1. The number of nitrogens with zero attached hydrogens (tertiary/aromatic N) is 3. The van der Waals surface area contributed by atoms with Crippen molar-refractivity contribution in [2.24, 2.45) is 0 Å². The minimum Gasteiger partial charge on any atom is -0.311 e. The third-order valence-electron chi connectivity index (χ3n) is 4.58. The van der Waals surface area contributed by atoms with Crippen molar-refractivity contribution in [1.82, 2.24) is 14.8 Å². The SMILES string of the molecule is O=S(=O)(Nc1ccccc1-c1nnc2n1CCCCC2)c1ccccc1. The first kappa shape index (κ1) is 16.8. The number of aryl methyl sites for hydroxylation is 1. The van der Waals surface area contributed by atoms with Gasteiger partial charge in [-0.15, -0.1) is 10.2 Å². The lowest BCUT2D eigenvalue weighted by molar-refractivity contribution is 0.601. The summed E-state index contributed by atoms with van der Waals surface area (Å²) in [4.78, 5) is 0.231. The van der Waals surface area contributed by atoms with E-state index >= 15 is 0 Å². The predicted molar refractivity (Wildman–Crippen MR) is 100 cm³/mol. The Bertz CT molecular complexity index is 1010. The fourth-order valence-corrected chi connectivity index (χ4v) is 4.36. The molecule has 0 spiro atoms. The lowest BCUT2D eigenvalue weighted by Gasteiger charge is -2.13. The Morgan fingerprint density at radius 3 is 2.50 bits per heavy atom. The summed E-state index contributed by atoms with van der Waals surface area (Å²) in [6.07, 6.45) is 4.27. The van der Waals surface area contributed by atoms with Crippen LogP contribution in [0, 0.1) is 0 Å². The van der Waals surface area contributed by atoms with E-state index in [1.807, 2.05) is 18.2 Å². The summed E-state index contributed by atoms with van der Waals surface area (Å²) in [5.41, 5.74) is 1.25. The van der Waals surface area contributed by atoms with Gasteiger partial charge in [0, 0.05) is 18.5 Å². The maximum atomic E-state index is 12.7. The van der Waals surface area contributed by atoms with Crippen molar-refractivity contribution >= 4 is 15.7 Å². The zero-order valence-corrected chi connectivity index (χ0v) is 15.1. The van der Waals surface area contributed by atoms with Crippen LogP contribution in [-0.2, 0) is 23.0 Å². The van der Waals surface area contributed by atoms with Crippen LogP contribution in [0.3, 0.4) is 0 Å². The largest absolute Gasteiger partial charge is 0.311 e. The summed E-state index contributed by atoms with van der Waals surface area (Å²) in [5, 5.41) is 8.68. The van der Waals surface area contributed by atoms with Crippen LogP contribution < -0.4 is 4.72 Å². The summed E-state index contributed by atoms with van der Waals surface area (Å²) < 4.78 is 30.2. The molecule has 0 amide bonds. The molecule has 1 N–H and O–H groups in total. The first-order valence-corrected chi connectivity index (χ1v) is 10.2. The molecule has 2 heterocycles. The zero-order chi connectivity index (χ0) is 18.0. The fraction of sp³-hybridized carbons (Fsp3) is 0.263. The molecule has 1 aliphatic rings. The van der Waals surface area contributed by atoms with Gasteiger partial charge in [0.1, 0.15) is 5.82 Å². The maximum Gasteiger partial charge on any atom is 0.261 e. The number of hydrogen-bond acceptors (Lipinski definition) is 4. The lowest BCUT2D eigenvalue weighted by Crippen LogP contribution is -2.14. The molecule has 0 atom stereocenters. The van der Waals surface area contributed by atoms with Crippen molar-refractivity contribution in [2.45, 2.75) is 37.1 Å². The number of hydrogen-bond donors (Lipinski definition) is 1. The van der Waals surface area contributed by atoms with Gasteiger partial charge in [0.2, 0.25) is 0 Å². The van der Waals surface area contributed by atoms with Crippen molar-refractivity contribution in [3.8, 4) is 11.4 Å². The van der Waals surface area contributed by atoms with Gasteiger partial charge in [-0.25, -0.2) is 8.42 Å². The van der Waals surface area contributed by atoms with Crippen LogP contribution in [0.5, 0.6) is 0 Å². The van der Waals surface area contributed by atoms with Crippen molar-refractivity contribution in [3.05, 3.63) is 60.4 Å². The molecule has 0 bridgehead atoms. The van der Waals surface area contributed by atoms with Crippen LogP contribution >= 0.6 is 0 Å². The van der Waals surface area contributed by atoms with E-state index in [0.717, 1.165) is 37.2 Å². The first-order valence-electron chi connectivity index (χ1n) is 8.74. The van der Waals surface area contributed by atoms with Crippen molar-refractivity contribution in [2.75, 3.05) is 4.72 Å². The third-order valence-corrected chi connectivity index (χ3v) is 5.96. The van der Waals surface area contributed by atoms with E-state index in [2.05, 4.69) is 19.5 Å². The van der Waals surface area contributed by atoms with Crippen molar-refractivity contribution in [3.63, 3.8) is 0 Å². The number of anilines is 1. The van der Waals surface area contributed by atoms with Crippen molar-refractivity contribution < 1.29 is 8.42 Å². The molecule has 0 saturated carbocycles. The molecule has 1 aromatic heterocycles. The summed E-state index contributed by atoms with van der Waals surface area (Å²) in [5.74, 6) is 1.69. The highest BCUT2D eigenvalue weighted by Gasteiger charge is 2.21. The van der Waals surface area contributed by atoms with Gasteiger partial charge in [-0.05, 0) is 37.1 Å². The molecule has 26 heavy (non-hydrogen) atoms. The van der Waals surface area contributed by atoms with Crippen molar-refractivity contribution in [1.29, 1.82) is 0 Å². The molecule has 0 unspecified atom stereocenters. The molecule has 3 aromatic rings. The highest BCUT2D eigenvalue weighted by Crippen LogP contribution is 2.30. The van der Waals surface area contributed by atoms with E-state index in [4.69, 9.17) is 0 Å². The second kappa shape index (κ2) is 6.92. The van der Waals surface area contributed by atoms with Gasteiger partial charge in [-0.2, -0.15) is 0 Å². The third kappa shape index (κ3) is 3.22. The molecule has 1 aliphatic heterocycles. The van der Waals surface area contributed by atoms with E-state index in [1.54, 1.807) is 36.4 Å². The smallest absolute Gasteiger partial charge is 0.261 e. The minimum atomic E-state index is -3.66. The highest BCUT2D eigenvalue weighted by molar-refractivity contribution is 7.92. The number of benzene rings is 2. The normalized spacial score (nSPS) is 14.5. The summed E-state index contributed by atoms with van der Waals surface area (Å²) in [6.45, 7) is 0.859. The van der Waals surface area contributed by atoms with Crippen LogP contribution in [0.4, 0.5) is 5.69 Å². The van der Waals surface area contributed by atoms with Crippen LogP contribution in [-0.4, -0.2) is 23.2 Å². The average molecular weight is 368 g/mol. The Kier molecular flexibility index (Phi) is 4.46. The van der Waals surface area contributed by atoms with Crippen LogP contribution in [0.2, 0.25) is 0 Å². The standard InChI is InChI=1S/C19H20N4O2S/c24-26(25,15-9-3-1-4-10-15)22-17-12-7-6-11-16(17)19-21-20-18-13-5-2-8-14-23(18)19/h1,3-4,6-7,9-12,22H,2,5,8,13-14H2. The van der Waals surface area contributed by atoms with Gasteiger partial charge in [-0.3, -0.25) is 4.72 Å². The van der Waals surface area contributed by atoms with E-state index in [0.29, 0.717) is 11.5 Å². The lowest BCUT2D eigenvalue weighted by atomic mass is 10.1. The number of fused-ring (bicyclic) bond motifs is 1. The van der Waals surface area contributed by atoms with Crippen LogP contribution in [0.15, 0.2) is 59.5 Å². The maximum absolute atomic E-state index is 12.7. The molecule has 7 heteroatoms. The highest BCUT2D eigenvalue weighted by atomic mass is 32.2. The number of aromatic nitrogens is 3.